The summed E-state index contributed by atoms with van der Waals surface area (Å²) in [5, 5.41) is 4.65. The van der Waals surface area contributed by atoms with Crippen molar-refractivity contribution in [2.45, 2.75) is 59.4 Å². The number of nitrogens with zero attached hydrogens (tertiary/aromatic N) is 1. The van der Waals surface area contributed by atoms with Crippen LogP contribution in [0.25, 0.3) is 0 Å². The summed E-state index contributed by atoms with van der Waals surface area (Å²) in [5.74, 6) is 0.581. The Bertz CT molecular complexity index is 458. The first-order chi connectivity index (χ1) is 12.1. The number of hydrogen-bond acceptors (Lipinski definition) is 3. The van der Waals surface area contributed by atoms with Crippen molar-refractivity contribution in [1.29, 1.82) is 0 Å². The number of rotatable bonds is 14. The first kappa shape index (κ1) is 29.3. The molecule has 7 heteroatoms. The quantitative estimate of drug-likeness (QED) is 0.315. The predicted molar refractivity (Wildman–Crippen MR) is 125 cm³/mol. The van der Waals surface area contributed by atoms with Crippen LogP contribution in [0.3, 0.4) is 0 Å². The summed E-state index contributed by atoms with van der Waals surface area (Å²) in [6, 6.07) is 3.86. The molecule has 0 unspecified atom stereocenters. The van der Waals surface area contributed by atoms with E-state index in [1.165, 1.54) is 38.8 Å². The van der Waals surface area contributed by atoms with Crippen LogP contribution in [-0.4, -0.2) is 37.7 Å². The van der Waals surface area contributed by atoms with E-state index in [-0.39, 0.29) is 24.8 Å². The highest BCUT2D eigenvalue weighted by Gasteiger charge is 2.09. The third kappa shape index (κ3) is 12.3. The lowest BCUT2D eigenvalue weighted by atomic mass is 10.2. The Hall–Kier alpha value is 0.1000. The standard InChI is InChI=1S/C20H34Cl2N2O.2ClH/c1-4-7-11-24(12-8-5-2)13-9-10-23-16-17-14-18(21)20(25-6-3)19(22)15-17;;/h14-15,23H,4-13,16H2,1-3H3;2*1H. The summed E-state index contributed by atoms with van der Waals surface area (Å²) in [5.41, 5.74) is 1.09. The van der Waals surface area contributed by atoms with Gasteiger partial charge >= 0.3 is 0 Å². The van der Waals surface area contributed by atoms with E-state index in [4.69, 9.17) is 27.9 Å². The molecule has 0 saturated heterocycles. The number of halogens is 4. The Morgan fingerprint density at radius 2 is 1.41 bits per heavy atom. The lowest BCUT2D eigenvalue weighted by Crippen LogP contribution is -2.29. The molecule has 0 heterocycles. The van der Waals surface area contributed by atoms with E-state index in [1.807, 2.05) is 19.1 Å². The molecule has 0 atom stereocenters. The van der Waals surface area contributed by atoms with Gasteiger partial charge in [0.15, 0.2) is 5.75 Å². The second kappa shape index (κ2) is 18.1. The zero-order chi connectivity index (χ0) is 18.5. The molecule has 0 bridgehead atoms. The molecule has 0 aliphatic rings. The molecule has 0 aromatic heterocycles. The minimum Gasteiger partial charge on any atom is -0.491 e. The van der Waals surface area contributed by atoms with E-state index < -0.39 is 0 Å². The molecule has 0 fully saturated rings. The van der Waals surface area contributed by atoms with Crippen molar-refractivity contribution in [2.75, 3.05) is 32.8 Å². The normalized spacial score (nSPS) is 10.4. The van der Waals surface area contributed by atoms with Gasteiger partial charge in [0.25, 0.3) is 0 Å². The molecular formula is C20H36Cl4N2O. The van der Waals surface area contributed by atoms with Crippen LogP contribution < -0.4 is 10.1 Å². The summed E-state index contributed by atoms with van der Waals surface area (Å²) >= 11 is 12.5. The van der Waals surface area contributed by atoms with Crippen molar-refractivity contribution in [3.05, 3.63) is 27.7 Å². The van der Waals surface area contributed by atoms with E-state index in [0.29, 0.717) is 22.4 Å². The maximum absolute atomic E-state index is 6.25. The molecule has 160 valence electrons. The molecule has 0 saturated carbocycles. The van der Waals surface area contributed by atoms with Crippen LogP contribution in [0.15, 0.2) is 12.1 Å². The van der Waals surface area contributed by atoms with Gasteiger partial charge < -0.3 is 15.0 Å². The summed E-state index contributed by atoms with van der Waals surface area (Å²) in [6.07, 6.45) is 6.27. The Labute approximate surface area is 188 Å². The SMILES string of the molecule is CCCCN(CCCC)CCCNCc1cc(Cl)c(OCC)c(Cl)c1.Cl.Cl. The van der Waals surface area contributed by atoms with Gasteiger partial charge in [-0.05, 0) is 70.1 Å². The monoisotopic (exact) mass is 460 g/mol. The minimum absolute atomic E-state index is 0. The lowest BCUT2D eigenvalue weighted by Gasteiger charge is -2.22. The van der Waals surface area contributed by atoms with Crippen LogP contribution in [0.2, 0.25) is 10.0 Å². The van der Waals surface area contributed by atoms with E-state index in [2.05, 4.69) is 24.1 Å². The molecule has 0 radical (unpaired) electrons. The molecule has 0 amide bonds. The van der Waals surface area contributed by atoms with Gasteiger partial charge in [0, 0.05) is 6.54 Å². The number of benzene rings is 1. The van der Waals surface area contributed by atoms with Gasteiger partial charge in [-0.2, -0.15) is 0 Å². The predicted octanol–water partition coefficient (Wildman–Crippen LogP) is 6.62. The number of nitrogens with one attached hydrogen (secondary N) is 1. The van der Waals surface area contributed by atoms with E-state index >= 15 is 0 Å². The van der Waals surface area contributed by atoms with Crippen LogP contribution in [0, 0.1) is 0 Å². The molecule has 1 rings (SSSR count). The number of hydrogen-bond donors (Lipinski definition) is 1. The smallest absolute Gasteiger partial charge is 0.156 e. The van der Waals surface area contributed by atoms with E-state index in [0.717, 1.165) is 31.6 Å². The zero-order valence-electron chi connectivity index (χ0n) is 16.9. The van der Waals surface area contributed by atoms with E-state index in [1.54, 1.807) is 0 Å². The summed E-state index contributed by atoms with van der Waals surface area (Å²) in [7, 11) is 0. The maximum atomic E-state index is 6.25. The topological polar surface area (TPSA) is 24.5 Å². The molecule has 0 aliphatic heterocycles. The summed E-state index contributed by atoms with van der Waals surface area (Å²) in [4.78, 5) is 2.60. The van der Waals surface area contributed by atoms with Crippen LogP contribution in [0.5, 0.6) is 5.75 Å². The van der Waals surface area contributed by atoms with Crippen molar-refractivity contribution in [1.82, 2.24) is 10.2 Å². The highest BCUT2D eigenvalue weighted by molar-refractivity contribution is 6.37. The first-order valence-electron chi connectivity index (χ1n) is 9.66. The maximum Gasteiger partial charge on any atom is 0.156 e. The molecular weight excluding hydrogens is 426 g/mol. The largest absolute Gasteiger partial charge is 0.491 e. The number of ether oxygens (including phenoxy) is 1. The fraction of sp³-hybridized carbons (Fsp3) is 0.700. The van der Waals surface area contributed by atoms with Crippen molar-refractivity contribution >= 4 is 48.0 Å². The highest BCUT2D eigenvalue weighted by Crippen LogP contribution is 2.34. The number of unbranched alkanes of at least 4 members (excludes halogenated alkanes) is 2. The van der Waals surface area contributed by atoms with Crippen LogP contribution in [-0.2, 0) is 6.54 Å². The Kier molecular flexibility index (Phi) is 19.7. The second-order valence-electron chi connectivity index (χ2n) is 6.40. The van der Waals surface area contributed by atoms with Crippen molar-refractivity contribution < 1.29 is 4.74 Å². The highest BCUT2D eigenvalue weighted by atomic mass is 35.5. The average molecular weight is 462 g/mol. The molecule has 1 aromatic rings. The first-order valence-corrected chi connectivity index (χ1v) is 10.4. The van der Waals surface area contributed by atoms with Gasteiger partial charge in [-0.3, -0.25) is 0 Å². The van der Waals surface area contributed by atoms with Gasteiger partial charge in [0.05, 0.1) is 16.7 Å². The summed E-state index contributed by atoms with van der Waals surface area (Å²) in [6.45, 7) is 12.4. The molecule has 27 heavy (non-hydrogen) atoms. The van der Waals surface area contributed by atoms with Gasteiger partial charge in [0.1, 0.15) is 0 Å². The molecule has 1 aromatic carbocycles. The fourth-order valence-corrected chi connectivity index (χ4v) is 3.40. The third-order valence-electron chi connectivity index (χ3n) is 4.16. The molecule has 3 nitrogen and oxygen atoms in total. The zero-order valence-corrected chi connectivity index (χ0v) is 20.0. The van der Waals surface area contributed by atoms with E-state index in [9.17, 15) is 0 Å². The Morgan fingerprint density at radius 3 is 1.89 bits per heavy atom. The van der Waals surface area contributed by atoms with Crippen LogP contribution in [0.4, 0.5) is 0 Å². The fourth-order valence-electron chi connectivity index (χ4n) is 2.76. The van der Waals surface area contributed by atoms with Crippen molar-refractivity contribution in [2.24, 2.45) is 0 Å². The Balaban J connectivity index is 0. The van der Waals surface area contributed by atoms with Crippen molar-refractivity contribution in [3.8, 4) is 5.75 Å². The van der Waals surface area contributed by atoms with Crippen LogP contribution >= 0.6 is 48.0 Å². The minimum atomic E-state index is 0. The van der Waals surface area contributed by atoms with Gasteiger partial charge in [0.2, 0.25) is 0 Å². The Morgan fingerprint density at radius 1 is 0.889 bits per heavy atom. The molecule has 0 spiro atoms. The van der Waals surface area contributed by atoms with Gasteiger partial charge in [-0.1, -0.05) is 49.9 Å². The van der Waals surface area contributed by atoms with Crippen LogP contribution in [0.1, 0.15) is 58.4 Å². The molecule has 0 aliphatic carbocycles. The van der Waals surface area contributed by atoms with Gasteiger partial charge in [-0.15, -0.1) is 24.8 Å². The summed E-state index contributed by atoms with van der Waals surface area (Å²) < 4.78 is 5.47. The van der Waals surface area contributed by atoms with Crippen molar-refractivity contribution in [3.63, 3.8) is 0 Å². The average Bonchev–Trinajstić information content (AvgIpc) is 2.59. The lowest BCUT2D eigenvalue weighted by molar-refractivity contribution is 0.261. The second-order valence-corrected chi connectivity index (χ2v) is 7.22. The third-order valence-corrected chi connectivity index (χ3v) is 4.72. The molecule has 1 N–H and O–H groups in total. The van der Waals surface area contributed by atoms with Gasteiger partial charge in [-0.25, -0.2) is 0 Å².